The summed E-state index contributed by atoms with van der Waals surface area (Å²) in [7, 11) is 2.03. The summed E-state index contributed by atoms with van der Waals surface area (Å²) in [6.45, 7) is 5.70. The first-order valence-electron chi connectivity index (χ1n) is 6.86. The van der Waals surface area contributed by atoms with E-state index in [0.29, 0.717) is 12.3 Å². The van der Waals surface area contributed by atoms with Crippen LogP contribution < -0.4 is 0 Å². The summed E-state index contributed by atoms with van der Waals surface area (Å²) in [5, 5.41) is 21.4. The number of aromatic nitrogens is 4. The van der Waals surface area contributed by atoms with Gasteiger partial charge in [-0.15, -0.1) is 5.10 Å². The Hall–Kier alpha value is -1.95. The smallest absolute Gasteiger partial charge is 0.165 e. The highest BCUT2D eigenvalue weighted by atomic mass is 16.3. The molecular formula is C14H21N5O. The van der Waals surface area contributed by atoms with E-state index in [1.807, 2.05) is 23.9 Å². The highest BCUT2D eigenvalue weighted by molar-refractivity contribution is 5.29. The molecule has 2 aromatic rings. The zero-order chi connectivity index (χ0) is 14.5. The zero-order valence-electron chi connectivity index (χ0n) is 12.2. The maximum atomic E-state index is 9.56. The zero-order valence-corrected chi connectivity index (χ0v) is 12.2. The van der Waals surface area contributed by atoms with E-state index < -0.39 is 0 Å². The summed E-state index contributed by atoms with van der Waals surface area (Å²) in [6, 6.07) is 7.51. The summed E-state index contributed by atoms with van der Waals surface area (Å²) in [4.78, 5) is 2.16. The van der Waals surface area contributed by atoms with E-state index in [1.165, 1.54) is 0 Å². The number of benzene rings is 1. The Morgan fingerprint density at radius 3 is 2.90 bits per heavy atom. The molecule has 0 spiro atoms. The first-order valence-corrected chi connectivity index (χ1v) is 6.86. The molecule has 6 nitrogen and oxygen atoms in total. The molecule has 0 unspecified atom stereocenters. The fourth-order valence-electron chi connectivity index (χ4n) is 2.12. The van der Waals surface area contributed by atoms with E-state index in [1.54, 1.807) is 12.1 Å². The molecular weight excluding hydrogens is 254 g/mol. The van der Waals surface area contributed by atoms with Gasteiger partial charge in [-0.25, -0.2) is 4.68 Å². The van der Waals surface area contributed by atoms with Gasteiger partial charge in [-0.05, 0) is 48.5 Å². The SMILES string of the molecule is CCCn1nnnc1CN(C)[C@H](C)c1cccc(O)c1. The number of nitrogens with zero attached hydrogens (tertiary/aromatic N) is 5. The molecule has 2 rings (SSSR count). The molecule has 0 aliphatic heterocycles. The fourth-order valence-corrected chi connectivity index (χ4v) is 2.12. The van der Waals surface area contributed by atoms with E-state index in [2.05, 4.69) is 34.3 Å². The maximum absolute atomic E-state index is 9.56. The van der Waals surface area contributed by atoms with Crippen molar-refractivity contribution in [2.45, 2.75) is 39.4 Å². The number of hydrogen-bond donors (Lipinski definition) is 1. The first-order chi connectivity index (χ1) is 9.61. The summed E-state index contributed by atoms with van der Waals surface area (Å²) in [5.41, 5.74) is 1.07. The predicted octanol–water partition coefficient (Wildman–Crippen LogP) is 1.98. The highest BCUT2D eigenvalue weighted by Crippen LogP contribution is 2.23. The Bertz CT molecular complexity index is 554. The van der Waals surface area contributed by atoms with Crippen molar-refractivity contribution in [1.29, 1.82) is 0 Å². The Kier molecular flexibility index (Phi) is 4.68. The molecule has 0 saturated carbocycles. The van der Waals surface area contributed by atoms with Crippen LogP contribution in [-0.4, -0.2) is 37.3 Å². The predicted molar refractivity (Wildman–Crippen MR) is 76.1 cm³/mol. The lowest BCUT2D eigenvalue weighted by Crippen LogP contribution is -2.24. The van der Waals surface area contributed by atoms with E-state index >= 15 is 0 Å². The van der Waals surface area contributed by atoms with E-state index in [4.69, 9.17) is 0 Å². The third-order valence-electron chi connectivity index (χ3n) is 3.45. The Labute approximate surface area is 119 Å². The van der Waals surface area contributed by atoms with Crippen molar-refractivity contribution in [2.75, 3.05) is 7.05 Å². The minimum atomic E-state index is 0.175. The average Bonchev–Trinajstić information content (AvgIpc) is 2.85. The van der Waals surface area contributed by atoms with E-state index in [-0.39, 0.29) is 6.04 Å². The second-order valence-electron chi connectivity index (χ2n) is 5.00. The molecule has 108 valence electrons. The third-order valence-corrected chi connectivity index (χ3v) is 3.45. The van der Waals surface area contributed by atoms with Crippen LogP contribution in [-0.2, 0) is 13.1 Å². The van der Waals surface area contributed by atoms with Gasteiger partial charge in [0, 0.05) is 12.6 Å². The van der Waals surface area contributed by atoms with Gasteiger partial charge < -0.3 is 5.11 Å². The molecule has 20 heavy (non-hydrogen) atoms. The largest absolute Gasteiger partial charge is 0.508 e. The summed E-state index contributed by atoms with van der Waals surface area (Å²) in [5.74, 6) is 1.15. The average molecular weight is 275 g/mol. The molecule has 0 fully saturated rings. The maximum Gasteiger partial charge on any atom is 0.165 e. The number of aryl methyl sites for hydroxylation is 1. The Balaban J connectivity index is 2.07. The van der Waals surface area contributed by atoms with Gasteiger partial charge in [-0.1, -0.05) is 19.1 Å². The van der Waals surface area contributed by atoms with Crippen LogP contribution in [0.5, 0.6) is 5.75 Å². The molecule has 1 aromatic carbocycles. The van der Waals surface area contributed by atoms with Gasteiger partial charge in [0.05, 0.1) is 6.54 Å². The second kappa shape index (κ2) is 6.47. The van der Waals surface area contributed by atoms with Crippen molar-refractivity contribution in [1.82, 2.24) is 25.1 Å². The van der Waals surface area contributed by atoms with Gasteiger partial charge in [0.25, 0.3) is 0 Å². The van der Waals surface area contributed by atoms with Crippen LogP contribution in [0.15, 0.2) is 24.3 Å². The number of rotatable bonds is 6. The standard InChI is InChI=1S/C14H21N5O/c1-4-8-19-14(15-16-17-19)10-18(3)11(2)12-6-5-7-13(20)9-12/h5-7,9,11,20H,4,8,10H2,1-3H3/t11-/m1/s1. The van der Waals surface area contributed by atoms with Gasteiger partial charge in [0.1, 0.15) is 5.75 Å². The monoisotopic (exact) mass is 275 g/mol. The van der Waals surface area contributed by atoms with Crippen molar-refractivity contribution >= 4 is 0 Å². The van der Waals surface area contributed by atoms with Crippen molar-refractivity contribution in [3.05, 3.63) is 35.7 Å². The fraction of sp³-hybridized carbons (Fsp3) is 0.500. The lowest BCUT2D eigenvalue weighted by Gasteiger charge is -2.24. The third kappa shape index (κ3) is 3.33. The van der Waals surface area contributed by atoms with E-state index in [0.717, 1.165) is 24.4 Å². The normalized spacial score (nSPS) is 12.8. The van der Waals surface area contributed by atoms with E-state index in [9.17, 15) is 5.11 Å². The topological polar surface area (TPSA) is 67.1 Å². The van der Waals surface area contributed by atoms with Gasteiger partial charge in [0.2, 0.25) is 0 Å². The number of aromatic hydroxyl groups is 1. The molecule has 0 aliphatic carbocycles. The highest BCUT2D eigenvalue weighted by Gasteiger charge is 2.15. The quantitative estimate of drug-likeness (QED) is 0.873. The molecule has 0 saturated heterocycles. The number of tetrazole rings is 1. The number of phenols is 1. The first kappa shape index (κ1) is 14.5. The molecule has 0 radical (unpaired) electrons. The van der Waals surface area contributed by atoms with Crippen molar-refractivity contribution in [2.24, 2.45) is 0 Å². The van der Waals surface area contributed by atoms with Crippen LogP contribution in [0.25, 0.3) is 0 Å². The van der Waals surface area contributed by atoms with Gasteiger partial charge in [-0.2, -0.15) is 0 Å². The van der Waals surface area contributed by atoms with Crippen LogP contribution in [0.4, 0.5) is 0 Å². The van der Waals surface area contributed by atoms with Crippen LogP contribution in [0.1, 0.15) is 37.7 Å². The van der Waals surface area contributed by atoms with Crippen molar-refractivity contribution in [3.63, 3.8) is 0 Å². The van der Waals surface area contributed by atoms with Gasteiger partial charge in [-0.3, -0.25) is 4.90 Å². The molecule has 0 bridgehead atoms. The number of phenolic OH excluding ortho intramolecular Hbond substituents is 1. The van der Waals surface area contributed by atoms with Crippen LogP contribution >= 0.6 is 0 Å². The van der Waals surface area contributed by atoms with Crippen molar-refractivity contribution in [3.8, 4) is 5.75 Å². The van der Waals surface area contributed by atoms with Gasteiger partial charge in [0.15, 0.2) is 5.82 Å². The second-order valence-corrected chi connectivity index (χ2v) is 5.00. The molecule has 1 N–H and O–H groups in total. The lowest BCUT2D eigenvalue weighted by molar-refractivity contribution is 0.241. The van der Waals surface area contributed by atoms with Crippen molar-refractivity contribution < 1.29 is 5.11 Å². The molecule has 0 aliphatic rings. The Morgan fingerprint density at radius 1 is 1.40 bits per heavy atom. The lowest BCUT2D eigenvalue weighted by atomic mass is 10.1. The van der Waals surface area contributed by atoms with Crippen LogP contribution in [0.2, 0.25) is 0 Å². The van der Waals surface area contributed by atoms with Crippen LogP contribution in [0, 0.1) is 0 Å². The molecule has 6 heteroatoms. The Morgan fingerprint density at radius 2 is 2.20 bits per heavy atom. The molecule has 0 amide bonds. The van der Waals surface area contributed by atoms with Gasteiger partial charge >= 0.3 is 0 Å². The van der Waals surface area contributed by atoms with Crippen LogP contribution in [0.3, 0.4) is 0 Å². The molecule has 1 aromatic heterocycles. The number of hydrogen-bond acceptors (Lipinski definition) is 5. The summed E-state index contributed by atoms with van der Waals surface area (Å²) >= 11 is 0. The molecule has 1 atom stereocenters. The summed E-state index contributed by atoms with van der Waals surface area (Å²) in [6.07, 6.45) is 1.00. The summed E-state index contributed by atoms with van der Waals surface area (Å²) < 4.78 is 1.84. The minimum Gasteiger partial charge on any atom is -0.508 e. The minimum absolute atomic E-state index is 0.175. The molecule has 1 heterocycles.